The van der Waals surface area contributed by atoms with E-state index in [0.717, 1.165) is 109 Å². The van der Waals surface area contributed by atoms with Crippen molar-refractivity contribution < 1.29 is 24.5 Å². The fourth-order valence-corrected chi connectivity index (χ4v) is 7.86. The topological polar surface area (TPSA) is 95.9 Å². The van der Waals surface area contributed by atoms with Crippen molar-refractivity contribution in [2.45, 2.75) is 270 Å². The number of allylic oxidation sites excluding steroid dienone is 14. The van der Waals surface area contributed by atoms with Gasteiger partial charge in [0.1, 0.15) is 6.10 Å². The lowest BCUT2D eigenvalue weighted by Crippen LogP contribution is -2.46. The van der Waals surface area contributed by atoms with E-state index >= 15 is 0 Å². The summed E-state index contributed by atoms with van der Waals surface area (Å²) in [6.45, 7) is 6.35. The molecule has 0 fully saturated rings. The van der Waals surface area contributed by atoms with Gasteiger partial charge in [0.2, 0.25) is 5.91 Å². The van der Waals surface area contributed by atoms with Gasteiger partial charge in [-0.25, -0.2) is 0 Å². The van der Waals surface area contributed by atoms with Crippen LogP contribution in [0.4, 0.5) is 0 Å². The molecule has 3 N–H and O–H groups in total. The van der Waals surface area contributed by atoms with E-state index in [1.807, 2.05) is 0 Å². The Kier molecular flexibility index (Phi) is 49.6. The van der Waals surface area contributed by atoms with E-state index < -0.39 is 18.2 Å². The van der Waals surface area contributed by atoms with Crippen LogP contribution in [0.15, 0.2) is 85.1 Å². The lowest BCUT2D eigenvalue weighted by atomic mass is 10.0. The lowest BCUT2D eigenvalue weighted by Gasteiger charge is -2.24. The number of amides is 1. The quantitative estimate of drug-likeness (QED) is 0.0245. The zero-order chi connectivity index (χ0) is 47.4. The van der Waals surface area contributed by atoms with Crippen LogP contribution in [0.2, 0.25) is 0 Å². The lowest BCUT2D eigenvalue weighted by molar-refractivity contribution is -0.151. The van der Waals surface area contributed by atoms with Crippen molar-refractivity contribution in [3.63, 3.8) is 0 Å². The second kappa shape index (κ2) is 52.0. The number of aliphatic hydroxyl groups excluding tert-OH is 2. The summed E-state index contributed by atoms with van der Waals surface area (Å²) >= 11 is 0. The Morgan fingerprint density at radius 2 is 0.877 bits per heavy atom. The Hall–Kier alpha value is -2.96. The summed E-state index contributed by atoms with van der Waals surface area (Å²) in [7, 11) is 0. The van der Waals surface area contributed by atoms with Crippen LogP contribution in [0.1, 0.15) is 252 Å². The van der Waals surface area contributed by atoms with Crippen LogP contribution < -0.4 is 5.32 Å². The van der Waals surface area contributed by atoms with Crippen molar-refractivity contribution in [3.8, 4) is 0 Å². The standard InChI is InChI=1S/C59H103NO5/c1-4-7-10-13-16-19-22-24-26-28-29-30-32-34-37-40-43-46-49-52-59(64)65-55(50-47-44-41-38-36-33-31-27-25-23-20-17-14-11-8-5-2)53-58(63)60-56(54-61)57(62)51-48-45-42-39-35-21-18-15-12-9-6-3/h7,10,16,19,24,26-27,29-31,33-34,36-37,55-57,61-62H,4-6,8-9,11-15,17-18,20-23,25,28,32,35,38-54H2,1-3H3,(H,60,63)/b10-7-,19-16-,26-24-,30-29-,31-27+,36-33+,37-34-. The van der Waals surface area contributed by atoms with Gasteiger partial charge in [0.15, 0.2) is 0 Å². The third-order valence-electron chi connectivity index (χ3n) is 12.0. The molecule has 0 aromatic heterocycles. The van der Waals surface area contributed by atoms with Crippen molar-refractivity contribution in [1.82, 2.24) is 5.32 Å². The smallest absolute Gasteiger partial charge is 0.306 e. The summed E-state index contributed by atoms with van der Waals surface area (Å²) in [5.74, 6) is -0.540. The molecule has 0 aromatic rings. The Balaban J connectivity index is 4.70. The van der Waals surface area contributed by atoms with Gasteiger partial charge in [0.05, 0.1) is 25.2 Å². The number of esters is 1. The van der Waals surface area contributed by atoms with Crippen LogP contribution in [-0.4, -0.2) is 46.9 Å². The summed E-state index contributed by atoms with van der Waals surface area (Å²) in [5.41, 5.74) is 0. The van der Waals surface area contributed by atoms with Gasteiger partial charge in [-0.1, -0.05) is 228 Å². The van der Waals surface area contributed by atoms with Gasteiger partial charge in [-0.15, -0.1) is 0 Å². The average molecular weight is 906 g/mol. The van der Waals surface area contributed by atoms with Gasteiger partial charge in [0.25, 0.3) is 0 Å². The Morgan fingerprint density at radius 1 is 0.477 bits per heavy atom. The minimum Gasteiger partial charge on any atom is -0.462 e. The minimum absolute atomic E-state index is 0.0426. The number of carbonyl (C=O) groups is 2. The number of ether oxygens (including phenoxy) is 1. The Bertz CT molecular complexity index is 1250. The maximum atomic E-state index is 13.2. The molecule has 1 amide bonds. The highest BCUT2D eigenvalue weighted by Gasteiger charge is 2.24. The van der Waals surface area contributed by atoms with Gasteiger partial charge in [-0.3, -0.25) is 9.59 Å². The fourth-order valence-electron chi connectivity index (χ4n) is 7.86. The van der Waals surface area contributed by atoms with Gasteiger partial charge < -0.3 is 20.3 Å². The summed E-state index contributed by atoms with van der Waals surface area (Å²) in [6, 6.07) is -0.721. The maximum Gasteiger partial charge on any atom is 0.306 e. The number of unbranched alkanes of at least 4 members (excludes halogenated alkanes) is 23. The maximum absolute atomic E-state index is 13.2. The molecule has 0 heterocycles. The third-order valence-corrected chi connectivity index (χ3v) is 12.0. The number of rotatable bonds is 48. The average Bonchev–Trinajstić information content (AvgIpc) is 3.30. The molecule has 3 unspecified atom stereocenters. The first-order valence-electron chi connectivity index (χ1n) is 27.3. The summed E-state index contributed by atoms with van der Waals surface area (Å²) < 4.78 is 5.92. The van der Waals surface area contributed by atoms with Crippen LogP contribution >= 0.6 is 0 Å². The highest BCUT2D eigenvalue weighted by atomic mass is 16.5. The second-order valence-corrected chi connectivity index (χ2v) is 18.3. The fraction of sp³-hybridized carbons (Fsp3) is 0.729. The highest BCUT2D eigenvalue weighted by Crippen LogP contribution is 2.17. The molecule has 6 nitrogen and oxygen atoms in total. The normalized spacial score (nSPS) is 13.9. The molecule has 0 radical (unpaired) electrons. The molecular weight excluding hydrogens is 803 g/mol. The van der Waals surface area contributed by atoms with Gasteiger partial charge in [0, 0.05) is 6.42 Å². The molecule has 0 spiro atoms. The van der Waals surface area contributed by atoms with Crippen LogP contribution in [0.5, 0.6) is 0 Å². The summed E-state index contributed by atoms with van der Waals surface area (Å²) in [4.78, 5) is 26.2. The van der Waals surface area contributed by atoms with E-state index in [9.17, 15) is 19.8 Å². The molecule has 0 aliphatic heterocycles. The summed E-state index contributed by atoms with van der Waals surface area (Å²) in [5, 5.41) is 23.8. The van der Waals surface area contributed by atoms with Crippen molar-refractivity contribution in [3.05, 3.63) is 85.1 Å². The predicted molar refractivity (Wildman–Crippen MR) is 282 cm³/mol. The summed E-state index contributed by atoms with van der Waals surface area (Å²) in [6.07, 6.45) is 67.9. The van der Waals surface area contributed by atoms with Crippen molar-refractivity contribution in [2.75, 3.05) is 6.61 Å². The molecule has 374 valence electrons. The number of hydrogen-bond donors (Lipinski definition) is 3. The van der Waals surface area contributed by atoms with Crippen molar-refractivity contribution in [2.24, 2.45) is 0 Å². The Morgan fingerprint density at radius 3 is 1.37 bits per heavy atom. The van der Waals surface area contributed by atoms with E-state index in [4.69, 9.17) is 4.74 Å². The molecule has 0 rings (SSSR count). The van der Waals surface area contributed by atoms with Crippen LogP contribution in [0, 0.1) is 0 Å². The van der Waals surface area contributed by atoms with E-state index in [1.165, 1.54) is 96.3 Å². The second-order valence-electron chi connectivity index (χ2n) is 18.3. The van der Waals surface area contributed by atoms with E-state index in [1.54, 1.807) is 0 Å². The Labute approximate surface area is 402 Å². The number of hydrogen-bond acceptors (Lipinski definition) is 5. The molecule has 0 bridgehead atoms. The number of carbonyl (C=O) groups excluding carboxylic acids is 2. The molecule has 0 aliphatic carbocycles. The van der Waals surface area contributed by atoms with E-state index in [2.05, 4.69) is 111 Å². The molecule has 0 saturated heterocycles. The first-order chi connectivity index (χ1) is 32.0. The predicted octanol–water partition coefficient (Wildman–Crippen LogP) is 16.7. The van der Waals surface area contributed by atoms with Gasteiger partial charge in [-0.2, -0.15) is 0 Å². The number of nitrogens with one attached hydrogen (secondary N) is 1. The molecule has 3 atom stereocenters. The van der Waals surface area contributed by atoms with Gasteiger partial charge >= 0.3 is 5.97 Å². The first kappa shape index (κ1) is 62.0. The van der Waals surface area contributed by atoms with Crippen molar-refractivity contribution in [1.29, 1.82) is 0 Å². The molecule has 0 aromatic carbocycles. The monoisotopic (exact) mass is 906 g/mol. The highest BCUT2D eigenvalue weighted by molar-refractivity contribution is 5.77. The molecule has 0 saturated carbocycles. The van der Waals surface area contributed by atoms with Crippen LogP contribution in [-0.2, 0) is 14.3 Å². The molecular formula is C59H103NO5. The van der Waals surface area contributed by atoms with Crippen LogP contribution in [0.3, 0.4) is 0 Å². The van der Waals surface area contributed by atoms with Crippen molar-refractivity contribution >= 4 is 11.9 Å². The molecule has 6 heteroatoms. The largest absolute Gasteiger partial charge is 0.462 e. The zero-order valence-electron chi connectivity index (χ0n) is 42.6. The third kappa shape index (κ3) is 47.3. The van der Waals surface area contributed by atoms with Gasteiger partial charge in [-0.05, 0) is 96.3 Å². The molecule has 0 aliphatic rings. The molecule has 65 heavy (non-hydrogen) atoms. The zero-order valence-corrected chi connectivity index (χ0v) is 42.6. The van der Waals surface area contributed by atoms with Crippen LogP contribution in [0.25, 0.3) is 0 Å². The van der Waals surface area contributed by atoms with E-state index in [-0.39, 0.29) is 24.9 Å². The first-order valence-corrected chi connectivity index (χ1v) is 27.3. The minimum atomic E-state index is -0.804. The number of aliphatic hydroxyl groups is 2. The van der Waals surface area contributed by atoms with E-state index in [0.29, 0.717) is 19.3 Å². The SMILES string of the molecule is CC/C=C\C/C=C\C/C=C\C/C=C\C/C=C\CCCCCC(=O)OC(CCCCC/C=C/C=C/CCCCCCCCC)CC(=O)NC(CO)C(O)CCCCCCCCCCCCC.